The first-order chi connectivity index (χ1) is 9.95. The number of thioether (sulfide) groups is 1. The third-order valence-corrected chi connectivity index (χ3v) is 4.28. The first-order valence-corrected chi connectivity index (χ1v) is 8.10. The second-order valence-corrected chi connectivity index (χ2v) is 6.40. The minimum atomic E-state index is -0.414. The fraction of sp³-hybridized carbons (Fsp3) is 0.400. The highest BCUT2D eigenvalue weighted by molar-refractivity contribution is 7.98. The van der Waals surface area contributed by atoms with Gasteiger partial charge in [0.1, 0.15) is 0 Å². The summed E-state index contributed by atoms with van der Waals surface area (Å²) < 4.78 is 1.77. The summed E-state index contributed by atoms with van der Waals surface area (Å²) in [6, 6.07) is 3.78. The van der Waals surface area contributed by atoms with E-state index in [1.165, 1.54) is 0 Å². The van der Waals surface area contributed by atoms with Crippen LogP contribution in [0.3, 0.4) is 0 Å². The highest BCUT2D eigenvalue weighted by atomic mass is 32.2. The molecule has 6 heteroatoms. The number of hydrogen-bond acceptors (Lipinski definition) is 4. The Kier molecular flexibility index (Phi) is 4.67. The van der Waals surface area contributed by atoms with Crippen LogP contribution in [0.5, 0.6) is 0 Å². The summed E-state index contributed by atoms with van der Waals surface area (Å²) in [5.74, 6) is 0.778. The van der Waals surface area contributed by atoms with Crippen LogP contribution in [0.2, 0.25) is 0 Å². The normalized spacial score (nSPS) is 11.4. The molecule has 0 radical (unpaired) electrons. The molecule has 0 saturated carbocycles. The Morgan fingerprint density at radius 2 is 2.19 bits per heavy atom. The lowest BCUT2D eigenvalue weighted by molar-refractivity contribution is -0.122. The lowest BCUT2D eigenvalue weighted by Gasteiger charge is -2.22. The maximum absolute atomic E-state index is 12.3. The van der Waals surface area contributed by atoms with E-state index in [9.17, 15) is 4.79 Å². The summed E-state index contributed by atoms with van der Waals surface area (Å²) in [4.78, 5) is 16.4. The molecule has 2 heterocycles. The summed E-state index contributed by atoms with van der Waals surface area (Å²) >= 11 is 1.66. The third-order valence-electron chi connectivity index (χ3n) is 3.27. The van der Waals surface area contributed by atoms with Gasteiger partial charge in [-0.2, -0.15) is 16.9 Å². The van der Waals surface area contributed by atoms with Crippen molar-refractivity contribution in [1.29, 1.82) is 0 Å². The summed E-state index contributed by atoms with van der Waals surface area (Å²) in [6.45, 7) is 5.82. The minimum absolute atomic E-state index is 0.00527. The Morgan fingerprint density at radius 1 is 1.43 bits per heavy atom. The molecule has 5 nitrogen and oxygen atoms in total. The molecule has 1 amide bonds. The Labute approximate surface area is 129 Å². The molecule has 21 heavy (non-hydrogen) atoms. The van der Waals surface area contributed by atoms with Gasteiger partial charge in [-0.05, 0) is 25.3 Å². The smallest absolute Gasteiger partial charge is 0.230 e. The number of aromatic nitrogens is 3. The van der Waals surface area contributed by atoms with Crippen molar-refractivity contribution in [3.05, 3.63) is 36.4 Å². The Morgan fingerprint density at radius 3 is 2.81 bits per heavy atom. The van der Waals surface area contributed by atoms with E-state index in [0.29, 0.717) is 0 Å². The lowest BCUT2D eigenvalue weighted by Crippen LogP contribution is -2.33. The van der Waals surface area contributed by atoms with Gasteiger partial charge in [0.2, 0.25) is 5.91 Å². The maximum Gasteiger partial charge on any atom is 0.230 e. The van der Waals surface area contributed by atoms with Crippen LogP contribution in [0.25, 0.3) is 5.69 Å². The number of nitrogens with one attached hydrogen (secondary N) is 1. The molecule has 112 valence electrons. The second-order valence-electron chi connectivity index (χ2n) is 5.54. The first-order valence-electron chi connectivity index (χ1n) is 6.71. The van der Waals surface area contributed by atoms with Gasteiger partial charge in [-0.3, -0.25) is 9.78 Å². The first kappa shape index (κ1) is 15.6. The predicted molar refractivity (Wildman–Crippen MR) is 86.9 cm³/mol. The van der Waals surface area contributed by atoms with Crippen LogP contribution < -0.4 is 5.32 Å². The standard InChI is InChI=1S/C15H20N4OS/c1-11-13(18-14(20)15(2,3)10-21-4)9-17-19(11)12-6-5-7-16-8-12/h5-9H,10H2,1-4H3,(H,18,20). The van der Waals surface area contributed by atoms with Crippen molar-refractivity contribution in [1.82, 2.24) is 14.8 Å². The molecule has 0 fully saturated rings. The molecule has 0 aliphatic carbocycles. The summed E-state index contributed by atoms with van der Waals surface area (Å²) in [7, 11) is 0. The van der Waals surface area contributed by atoms with Gasteiger partial charge in [-0.1, -0.05) is 13.8 Å². The molecule has 0 bridgehead atoms. The van der Waals surface area contributed by atoms with Gasteiger partial charge in [-0.25, -0.2) is 4.68 Å². The van der Waals surface area contributed by atoms with E-state index in [4.69, 9.17) is 0 Å². The molecule has 0 saturated heterocycles. The van der Waals surface area contributed by atoms with E-state index >= 15 is 0 Å². The number of carbonyl (C=O) groups is 1. The van der Waals surface area contributed by atoms with Crippen LogP contribution in [0, 0.1) is 12.3 Å². The third kappa shape index (κ3) is 3.44. The zero-order chi connectivity index (χ0) is 15.5. The van der Waals surface area contributed by atoms with Crippen LogP contribution in [-0.2, 0) is 4.79 Å². The quantitative estimate of drug-likeness (QED) is 0.922. The summed E-state index contributed by atoms with van der Waals surface area (Å²) in [6.07, 6.45) is 7.13. The summed E-state index contributed by atoms with van der Waals surface area (Å²) in [5.41, 5.74) is 2.08. The van der Waals surface area contributed by atoms with E-state index in [2.05, 4.69) is 15.4 Å². The molecule has 2 aromatic rings. The van der Waals surface area contributed by atoms with E-state index in [1.54, 1.807) is 35.0 Å². The van der Waals surface area contributed by atoms with Crippen LogP contribution in [0.4, 0.5) is 5.69 Å². The molecule has 0 spiro atoms. The fourth-order valence-electron chi connectivity index (χ4n) is 1.99. The Balaban J connectivity index is 2.20. The fourth-order valence-corrected chi connectivity index (χ4v) is 2.84. The zero-order valence-corrected chi connectivity index (χ0v) is 13.6. The molecule has 1 N–H and O–H groups in total. The molecule has 0 atom stereocenters. The zero-order valence-electron chi connectivity index (χ0n) is 12.8. The molecule has 0 unspecified atom stereocenters. The van der Waals surface area contributed by atoms with Crippen molar-refractivity contribution in [2.24, 2.45) is 5.41 Å². The number of nitrogens with zero attached hydrogens (tertiary/aromatic N) is 3. The molecule has 2 rings (SSSR count). The van der Waals surface area contributed by atoms with E-state index in [-0.39, 0.29) is 5.91 Å². The van der Waals surface area contributed by atoms with E-state index in [1.807, 2.05) is 39.2 Å². The second kappa shape index (κ2) is 6.30. The number of anilines is 1. The van der Waals surface area contributed by atoms with Crippen LogP contribution in [0.1, 0.15) is 19.5 Å². The average Bonchev–Trinajstić information content (AvgIpc) is 2.81. The number of amides is 1. The number of hydrogen-bond donors (Lipinski definition) is 1. The minimum Gasteiger partial charge on any atom is -0.323 e. The Bertz CT molecular complexity index is 622. The number of carbonyl (C=O) groups excluding carboxylic acids is 1. The highest BCUT2D eigenvalue weighted by Gasteiger charge is 2.27. The van der Waals surface area contributed by atoms with Gasteiger partial charge < -0.3 is 5.32 Å². The van der Waals surface area contributed by atoms with E-state index in [0.717, 1.165) is 22.8 Å². The number of pyridine rings is 1. The lowest BCUT2D eigenvalue weighted by atomic mass is 9.95. The van der Waals surface area contributed by atoms with Gasteiger partial charge in [0.05, 0.1) is 34.9 Å². The van der Waals surface area contributed by atoms with Crippen molar-refractivity contribution in [3.8, 4) is 5.69 Å². The van der Waals surface area contributed by atoms with Crippen molar-refractivity contribution < 1.29 is 4.79 Å². The van der Waals surface area contributed by atoms with Gasteiger partial charge in [0, 0.05) is 11.9 Å². The van der Waals surface area contributed by atoms with Crippen molar-refractivity contribution in [2.75, 3.05) is 17.3 Å². The van der Waals surface area contributed by atoms with Gasteiger partial charge in [0.15, 0.2) is 0 Å². The summed E-state index contributed by atoms with van der Waals surface area (Å²) in [5, 5.41) is 7.29. The van der Waals surface area contributed by atoms with Gasteiger partial charge in [-0.15, -0.1) is 0 Å². The predicted octanol–water partition coefficient (Wildman–Crippen LogP) is 2.90. The average molecular weight is 304 g/mol. The van der Waals surface area contributed by atoms with Crippen LogP contribution in [-0.4, -0.2) is 32.7 Å². The largest absolute Gasteiger partial charge is 0.323 e. The molecule has 0 aromatic carbocycles. The molecular weight excluding hydrogens is 284 g/mol. The van der Waals surface area contributed by atoms with Crippen molar-refractivity contribution in [3.63, 3.8) is 0 Å². The molecule has 0 aliphatic heterocycles. The monoisotopic (exact) mass is 304 g/mol. The van der Waals surface area contributed by atoms with Crippen LogP contribution >= 0.6 is 11.8 Å². The number of rotatable bonds is 5. The van der Waals surface area contributed by atoms with Gasteiger partial charge >= 0.3 is 0 Å². The van der Waals surface area contributed by atoms with Crippen LogP contribution in [0.15, 0.2) is 30.7 Å². The molecule has 2 aromatic heterocycles. The topological polar surface area (TPSA) is 59.8 Å². The van der Waals surface area contributed by atoms with E-state index < -0.39 is 5.41 Å². The highest BCUT2D eigenvalue weighted by Crippen LogP contribution is 2.24. The van der Waals surface area contributed by atoms with Crippen molar-refractivity contribution in [2.45, 2.75) is 20.8 Å². The van der Waals surface area contributed by atoms with Crippen molar-refractivity contribution >= 4 is 23.4 Å². The maximum atomic E-state index is 12.3. The SMILES string of the molecule is CSCC(C)(C)C(=O)Nc1cnn(-c2cccnc2)c1C. The van der Waals surface area contributed by atoms with Gasteiger partial charge in [0.25, 0.3) is 0 Å². The molecule has 0 aliphatic rings. The Hall–Kier alpha value is -1.82. The molecular formula is C15H20N4OS.